The number of hydrogen-bond donors (Lipinski definition) is 1. The van der Waals surface area contributed by atoms with E-state index in [4.69, 9.17) is 4.74 Å². The summed E-state index contributed by atoms with van der Waals surface area (Å²) in [4.78, 5) is 17.1. The topological polar surface area (TPSA) is 51.2 Å². The number of carbonyl (C=O) groups is 1. The van der Waals surface area contributed by atoms with E-state index >= 15 is 0 Å². The summed E-state index contributed by atoms with van der Waals surface area (Å²) in [5, 5.41) is 5.45. The number of nitrogens with zero attached hydrogens (tertiary/aromatic N) is 1. The summed E-state index contributed by atoms with van der Waals surface area (Å²) in [6, 6.07) is 13.5. The Morgan fingerprint density at radius 3 is 2.85 bits per heavy atom. The minimum atomic E-state index is -0.183. The third-order valence-electron chi connectivity index (χ3n) is 4.26. The molecule has 1 aromatic heterocycles. The molecule has 1 amide bonds. The largest absolute Gasteiger partial charge is 0.494 e. The molecule has 5 heteroatoms. The zero-order chi connectivity index (χ0) is 19.2. The third kappa shape index (κ3) is 4.95. The Labute approximate surface area is 164 Å². The van der Waals surface area contributed by atoms with Crippen molar-refractivity contribution in [3.8, 4) is 17.0 Å². The molecule has 1 heterocycles. The van der Waals surface area contributed by atoms with E-state index in [1.165, 1.54) is 22.5 Å². The molecule has 3 aromatic rings. The zero-order valence-corrected chi connectivity index (χ0v) is 16.7. The van der Waals surface area contributed by atoms with Crippen LogP contribution in [0.15, 0.2) is 47.8 Å². The van der Waals surface area contributed by atoms with Crippen molar-refractivity contribution in [2.75, 3.05) is 11.9 Å². The average Bonchev–Trinajstić information content (AvgIpc) is 3.12. The fourth-order valence-corrected chi connectivity index (χ4v) is 3.40. The van der Waals surface area contributed by atoms with Gasteiger partial charge in [0.25, 0.3) is 5.91 Å². The van der Waals surface area contributed by atoms with Crippen molar-refractivity contribution in [3.63, 3.8) is 0 Å². The van der Waals surface area contributed by atoms with Crippen LogP contribution in [0.1, 0.15) is 41.3 Å². The second-order valence-electron chi connectivity index (χ2n) is 6.54. The Kier molecular flexibility index (Phi) is 6.24. The highest BCUT2D eigenvalue weighted by Crippen LogP contribution is 2.28. The molecule has 2 aromatic carbocycles. The van der Waals surface area contributed by atoms with Gasteiger partial charge in [0.15, 0.2) is 5.13 Å². The maximum Gasteiger partial charge on any atom is 0.257 e. The number of amides is 1. The minimum absolute atomic E-state index is 0.183. The lowest BCUT2D eigenvalue weighted by atomic mass is 10.0. The van der Waals surface area contributed by atoms with Crippen molar-refractivity contribution in [3.05, 3.63) is 64.5 Å². The molecule has 140 valence electrons. The lowest BCUT2D eigenvalue weighted by Gasteiger charge is -2.07. The molecule has 0 aliphatic heterocycles. The first-order chi connectivity index (χ1) is 13.1. The van der Waals surface area contributed by atoms with Crippen LogP contribution in [0.5, 0.6) is 5.75 Å². The summed E-state index contributed by atoms with van der Waals surface area (Å²) in [6.45, 7) is 6.91. The monoisotopic (exact) mass is 380 g/mol. The van der Waals surface area contributed by atoms with E-state index in [9.17, 15) is 4.79 Å². The zero-order valence-electron chi connectivity index (χ0n) is 15.9. The molecule has 27 heavy (non-hydrogen) atoms. The number of thiazole rings is 1. The molecule has 0 bridgehead atoms. The molecule has 0 fully saturated rings. The normalized spacial score (nSPS) is 10.6. The number of unbranched alkanes of at least 4 members (excludes halogenated alkanes) is 1. The third-order valence-corrected chi connectivity index (χ3v) is 5.01. The molecule has 1 N–H and O–H groups in total. The Morgan fingerprint density at radius 2 is 2.04 bits per heavy atom. The summed E-state index contributed by atoms with van der Waals surface area (Å²) in [7, 11) is 0. The molecule has 0 saturated carbocycles. The minimum Gasteiger partial charge on any atom is -0.494 e. The van der Waals surface area contributed by atoms with Gasteiger partial charge in [-0.2, -0.15) is 0 Å². The molecule has 0 atom stereocenters. The first-order valence-corrected chi connectivity index (χ1v) is 10.0. The van der Waals surface area contributed by atoms with Gasteiger partial charge in [-0.3, -0.25) is 10.1 Å². The smallest absolute Gasteiger partial charge is 0.257 e. The Morgan fingerprint density at radius 1 is 1.19 bits per heavy atom. The molecule has 0 aliphatic carbocycles. The molecule has 3 rings (SSSR count). The predicted molar refractivity (Wildman–Crippen MR) is 112 cm³/mol. The van der Waals surface area contributed by atoms with Crippen molar-refractivity contribution in [2.45, 2.75) is 33.6 Å². The van der Waals surface area contributed by atoms with Crippen molar-refractivity contribution in [2.24, 2.45) is 0 Å². The van der Waals surface area contributed by atoms with Crippen molar-refractivity contribution in [1.29, 1.82) is 0 Å². The van der Waals surface area contributed by atoms with E-state index in [2.05, 4.69) is 49.3 Å². The predicted octanol–water partition coefficient (Wildman–Crippen LogP) is 5.86. The second-order valence-corrected chi connectivity index (χ2v) is 7.40. The van der Waals surface area contributed by atoms with Crippen LogP contribution in [-0.4, -0.2) is 17.5 Å². The molecule has 0 spiro atoms. The number of carbonyl (C=O) groups excluding carboxylic acids is 1. The Bertz CT molecular complexity index is 934. The molecular weight excluding hydrogens is 356 g/mol. The molecular formula is C22H24N2O2S. The maximum absolute atomic E-state index is 12.6. The van der Waals surface area contributed by atoms with E-state index in [1.54, 1.807) is 12.1 Å². The van der Waals surface area contributed by atoms with E-state index < -0.39 is 0 Å². The van der Waals surface area contributed by atoms with Gasteiger partial charge in [0.2, 0.25) is 0 Å². The maximum atomic E-state index is 12.6. The summed E-state index contributed by atoms with van der Waals surface area (Å²) in [6.07, 6.45) is 2.07. The Hall–Kier alpha value is -2.66. The highest BCUT2D eigenvalue weighted by atomic mass is 32.1. The van der Waals surface area contributed by atoms with Gasteiger partial charge in [-0.1, -0.05) is 37.1 Å². The molecule has 0 aliphatic rings. The standard InChI is InChI=1S/C22H24N2O2S/c1-4-5-11-26-18-8-6-7-17(13-18)21(25)24-22-23-20(14-27-22)19-12-15(2)9-10-16(19)3/h6-10,12-14H,4-5,11H2,1-3H3,(H,23,24,25). The van der Waals surface area contributed by atoms with Crippen LogP contribution in [0.25, 0.3) is 11.3 Å². The van der Waals surface area contributed by atoms with Gasteiger partial charge < -0.3 is 4.74 Å². The first kappa shape index (κ1) is 19.1. The van der Waals surface area contributed by atoms with Crippen LogP contribution >= 0.6 is 11.3 Å². The summed E-state index contributed by atoms with van der Waals surface area (Å²) >= 11 is 1.43. The second kappa shape index (κ2) is 8.82. The van der Waals surface area contributed by atoms with Gasteiger partial charge >= 0.3 is 0 Å². The Balaban J connectivity index is 1.71. The fourth-order valence-electron chi connectivity index (χ4n) is 2.70. The lowest BCUT2D eigenvalue weighted by Crippen LogP contribution is -2.12. The van der Waals surface area contributed by atoms with Crippen LogP contribution in [0.4, 0.5) is 5.13 Å². The van der Waals surface area contributed by atoms with Gasteiger partial charge in [0.05, 0.1) is 12.3 Å². The summed E-state index contributed by atoms with van der Waals surface area (Å²) < 4.78 is 5.68. The summed E-state index contributed by atoms with van der Waals surface area (Å²) in [5.41, 5.74) is 4.90. The van der Waals surface area contributed by atoms with Crippen LogP contribution in [0, 0.1) is 13.8 Å². The van der Waals surface area contributed by atoms with Gasteiger partial charge in [-0.15, -0.1) is 11.3 Å². The van der Waals surface area contributed by atoms with Gasteiger partial charge in [-0.05, 0) is 50.1 Å². The number of nitrogens with one attached hydrogen (secondary N) is 1. The van der Waals surface area contributed by atoms with E-state index in [1.807, 2.05) is 17.5 Å². The lowest BCUT2D eigenvalue weighted by molar-refractivity contribution is 0.102. The SMILES string of the molecule is CCCCOc1cccc(C(=O)Nc2nc(-c3cc(C)ccc3C)cs2)c1. The van der Waals surface area contributed by atoms with E-state index in [-0.39, 0.29) is 5.91 Å². The number of benzene rings is 2. The highest BCUT2D eigenvalue weighted by Gasteiger charge is 2.12. The van der Waals surface area contributed by atoms with Crippen LogP contribution in [0.2, 0.25) is 0 Å². The van der Waals surface area contributed by atoms with Crippen molar-refractivity contribution >= 4 is 22.4 Å². The first-order valence-electron chi connectivity index (χ1n) is 9.14. The van der Waals surface area contributed by atoms with Gasteiger partial charge in [-0.25, -0.2) is 4.98 Å². The molecule has 0 saturated heterocycles. The van der Waals surface area contributed by atoms with Gasteiger partial charge in [0, 0.05) is 16.5 Å². The molecule has 4 nitrogen and oxygen atoms in total. The number of aromatic nitrogens is 1. The number of aryl methyl sites for hydroxylation is 2. The molecule has 0 unspecified atom stereocenters. The van der Waals surface area contributed by atoms with Crippen LogP contribution in [0.3, 0.4) is 0 Å². The van der Waals surface area contributed by atoms with E-state index in [0.29, 0.717) is 23.1 Å². The number of rotatable bonds is 7. The number of hydrogen-bond acceptors (Lipinski definition) is 4. The van der Waals surface area contributed by atoms with Gasteiger partial charge in [0.1, 0.15) is 5.75 Å². The van der Waals surface area contributed by atoms with Crippen LogP contribution < -0.4 is 10.1 Å². The quantitative estimate of drug-likeness (QED) is 0.522. The number of ether oxygens (including phenoxy) is 1. The fraction of sp³-hybridized carbons (Fsp3) is 0.273. The van der Waals surface area contributed by atoms with Crippen LogP contribution in [-0.2, 0) is 0 Å². The molecule has 0 radical (unpaired) electrons. The van der Waals surface area contributed by atoms with Crippen molar-refractivity contribution < 1.29 is 9.53 Å². The van der Waals surface area contributed by atoms with Crippen molar-refractivity contribution in [1.82, 2.24) is 4.98 Å². The summed E-state index contributed by atoms with van der Waals surface area (Å²) in [5.74, 6) is 0.532. The number of anilines is 1. The average molecular weight is 381 g/mol. The van der Waals surface area contributed by atoms with E-state index in [0.717, 1.165) is 24.1 Å². The highest BCUT2D eigenvalue weighted by molar-refractivity contribution is 7.14.